The molecule has 9 aromatic carbocycles. The monoisotopic (exact) mass is 730 g/mol. The normalized spacial score (nSPS) is 11.9. The van der Waals surface area contributed by atoms with Crippen molar-refractivity contribution in [1.29, 1.82) is 0 Å². The molecule has 0 radical (unpaired) electrons. The van der Waals surface area contributed by atoms with Crippen molar-refractivity contribution in [1.82, 2.24) is 19.5 Å². The number of thiophene rings is 1. The summed E-state index contributed by atoms with van der Waals surface area (Å²) in [5, 5.41) is 12.6. The molecular formula is C51H30N4S. The molecule has 0 saturated carbocycles. The Balaban J connectivity index is 1.00. The van der Waals surface area contributed by atoms with Gasteiger partial charge in [-0.05, 0) is 73.8 Å². The molecule has 260 valence electrons. The van der Waals surface area contributed by atoms with E-state index >= 15 is 0 Å². The molecule has 0 atom stereocenters. The van der Waals surface area contributed by atoms with Crippen molar-refractivity contribution >= 4 is 85.6 Å². The van der Waals surface area contributed by atoms with Crippen molar-refractivity contribution in [3.8, 4) is 39.9 Å². The largest absolute Gasteiger partial charge is 0.278 e. The van der Waals surface area contributed by atoms with Gasteiger partial charge in [0.2, 0.25) is 5.95 Å². The molecule has 3 heterocycles. The van der Waals surface area contributed by atoms with Crippen LogP contribution in [-0.2, 0) is 0 Å². The molecule has 0 saturated heterocycles. The molecular weight excluding hydrogens is 701 g/mol. The Morgan fingerprint density at radius 2 is 0.732 bits per heavy atom. The van der Waals surface area contributed by atoms with Crippen LogP contribution in [0.25, 0.3) is 114 Å². The molecule has 4 nitrogen and oxygen atoms in total. The molecule has 0 aliphatic rings. The number of para-hydroxylation sites is 2. The van der Waals surface area contributed by atoms with Crippen LogP contribution in [0.1, 0.15) is 0 Å². The maximum Gasteiger partial charge on any atom is 0.238 e. The van der Waals surface area contributed by atoms with E-state index in [9.17, 15) is 0 Å². The Morgan fingerprint density at radius 1 is 0.304 bits per heavy atom. The van der Waals surface area contributed by atoms with Gasteiger partial charge in [-0.15, -0.1) is 11.3 Å². The second-order valence-electron chi connectivity index (χ2n) is 14.4. The fourth-order valence-corrected chi connectivity index (χ4v) is 9.82. The second kappa shape index (κ2) is 12.2. The van der Waals surface area contributed by atoms with Crippen molar-refractivity contribution in [3.05, 3.63) is 182 Å². The van der Waals surface area contributed by atoms with Gasteiger partial charge in [-0.1, -0.05) is 152 Å². The molecule has 0 bridgehead atoms. The van der Waals surface area contributed by atoms with Crippen LogP contribution in [0.4, 0.5) is 0 Å². The Kier molecular flexibility index (Phi) is 6.76. The number of hydrogen-bond acceptors (Lipinski definition) is 4. The molecule has 5 heteroatoms. The van der Waals surface area contributed by atoms with Gasteiger partial charge in [0.05, 0.1) is 11.0 Å². The van der Waals surface area contributed by atoms with E-state index in [-0.39, 0.29) is 0 Å². The minimum Gasteiger partial charge on any atom is -0.278 e. The average molecular weight is 731 g/mol. The van der Waals surface area contributed by atoms with Gasteiger partial charge in [0.25, 0.3) is 0 Å². The lowest BCUT2D eigenvalue weighted by molar-refractivity contribution is 0.954. The second-order valence-corrected chi connectivity index (χ2v) is 15.5. The molecule has 0 fully saturated rings. The van der Waals surface area contributed by atoms with Gasteiger partial charge in [-0.2, -0.15) is 9.97 Å². The van der Waals surface area contributed by atoms with E-state index in [0.717, 1.165) is 22.2 Å². The standard InChI is InChI=1S/C51H30N4S/c1-2-12-31(13-3-1)49-52-50(54-51(53-49)55-45-20-10-8-18-40(45)41-19-9-11-21-46(41)55)34-24-27-43-42-26-23-33(29-47(42)56-48(43)30-34)32-22-25-39-37-16-5-4-14-35(37)36-15-6-7-17-38(36)44(39)28-32/h1-30H. The maximum atomic E-state index is 5.20. The molecule has 12 rings (SSSR count). The van der Waals surface area contributed by atoms with Crippen LogP contribution < -0.4 is 0 Å². The van der Waals surface area contributed by atoms with Crippen molar-refractivity contribution in [3.63, 3.8) is 0 Å². The topological polar surface area (TPSA) is 43.6 Å². The van der Waals surface area contributed by atoms with Crippen LogP contribution in [0.3, 0.4) is 0 Å². The van der Waals surface area contributed by atoms with Crippen LogP contribution in [-0.4, -0.2) is 19.5 Å². The fraction of sp³-hybridized carbons (Fsp3) is 0. The highest BCUT2D eigenvalue weighted by atomic mass is 32.1. The molecule has 12 aromatic rings. The maximum absolute atomic E-state index is 5.20. The lowest BCUT2D eigenvalue weighted by Gasteiger charge is -2.12. The molecule has 0 unspecified atom stereocenters. The third-order valence-corrected chi connectivity index (χ3v) is 12.4. The first-order valence-electron chi connectivity index (χ1n) is 18.9. The first kappa shape index (κ1) is 31.2. The van der Waals surface area contributed by atoms with Crippen LogP contribution in [0.2, 0.25) is 0 Å². The van der Waals surface area contributed by atoms with E-state index in [1.54, 1.807) is 0 Å². The van der Waals surface area contributed by atoms with Gasteiger partial charge in [-0.25, -0.2) is 4.98 Å². The van der Waals surface area contributed by atoms with Gasteiger partial charge in [0.15, 0.2) is 11.6 Å². The number of nitrogens with zero attached hydrogens (tertiary/aromatic N) is 4. The summed E-state index contributed by atoms with van der Waals surface area (Å²) in [5.41, 5.74) is 6.46. The summed E-state index contributed by atoms with van der Waals surface area (Å²) in [6, 6.07) is 65.1. The Bertz CT molecular complexity index is 3460. The Labute approximate surface area is 325 Å². The van der Waals surface area contributed by atoms with Gasteiger partial charge >= 0.3 is 0 Å². The third kappa shape index (κ3) is 4.75. The molecule has 0 aliphatic carbocycles. The predicted octanol–water partition coefficient (Wildman–Crippen LogP) is 13.8. The molecule has 0 aliphatic heterocycles. The average Bonchev–Trinajstić information content (AvgIpc) is 3.81. The lowest BCUT2D eigenvalue weighted by atomic mass is 9.92. The van der Waals surface area contributed by atoms with Gasteiger partial charge < -0.3 is 0 Å². The smallest absolute Gasteiger partial charge is 0.238 e. The first-order chi connectivity index (χ1) is 27.7. The summed E-state index contributed by atoms with van der Waals surface area (Å²) < 4.78 is 4.62. The third-order valence-electron chi connectivity index (χ3n) is 11.2. The molecule has 0 spiro atoms. The summed E-state index contributed by atoms with van der Waals surface area (Å²) in [4.78, 5) is 15.4. The highest BCUT2D eigenvalue weighted by molar-refractivity contribution is 7.25. The molecule has 0 amide bonds. The fourth-order valence-electron chi connectivity index (χ4n) is 8.63. The number of aromatic nitrogens is 4. The minimum absolute atomic E-state index is 0.600. The lowest BCUT2D eigenvalue weighted by Crippen LogP contribution is -2.06. The summed E-state index contributed by atoms with van der Waals surface area (Å²) >= 11 is 1.82. The summed E-state index contributed by atoms with van der Waals surface area (Å²) in [6.07, 6.45) is 0. The molecule has 56 heavy (non-hydrogen) atoms. The number of hydrogen-bond donors (Lipinski definition) is 0. The number of fused-ring (bicyclic) bond motifs is 12. The highest BCUT2D eigenvalue weighted by Crippen LogP contribution is 2.41. The number of rotatable bonds is 4. The van der Waals surface area contributed by atoms with Gasteiger partial charge in [0, 0.05) is 42.1 Å². The van der Waals surface area contributed by atoms with E-state index in [2.05, 4.69) is 168 Å². The van der Waals surface area contributed by atoms with E-state index in [4.69, 9.17) is 15.0 Å². The van der Waals surface area contributed by atoms with Crippen molar-refractivity contribution in [2.45, 2.75) is 0 Å². The van der Waals surface area contributed by atoms with E-state index in [1.165, 1.54) is 74.4 Å². The zero-order valence-electron chi connectivity index (χ0n) is 30.0. The first-order valence-corrected chi connectivity index (χ1v) is 19.7. The minimum atomic E-state index is 0.600. The predicted molar refractivity (Wildman–Crippen MR) is 236 cm³/mol. The van der Waals surface area contributed by atoms with Crippen LogP contribution in [0.5, 0.6) is 0 Å². The van der Waals surface area contributed by atoms with Crippen molar-refractivity contribution in [2.24, 2.45) is 0 Å². The van der Waals surface area contributed by atoms with E-state index in [1.807, 2.05) is 29.5 Å². The van der Waals surface area contributed by atoms with Gasteiger partial charge in [0.1, 0.15) is 0 Å². The van der Waals surface area contributed by atoms with Crippen LogP contribution in [0, 0.1) is 0 Å². The van der Waals surface area contributed by atoms with Gasteiger partial charge in [-0.3, -0.25) is 4.57 Å². The summed E-state index contributed by atoms with van der Waals surface area (Å²) in [7, 11) is 0. The number of benzene rings is 9. The summed E-state index contributed by atoms with van der Waals surface area (Å²) in [6.45, 7) is 0. The Hall–Kier alpha value is -7.21. The van der Waals surface area contributed by atoms with Crippen LogP contribution in [0.15, 0.2) is 182 Å². The van der Waals surface area contributed by atoms with E-state index < -0.39 is 0 Å². The van der Waals surface area contributed by atoms with Crippen molar-refractivity contribution < 1.29 is 0 Å². The molecule has 0 N–H and O–H groups in total. The SMILES string of the molecule is c1ccc(-c2nc(-c3ccc4c(c3)sc3cc(-c5ccc6c7ccccc7c7ccccc7c6c5)ccc34)nc(-n3c4ccccc4c4ccccc43)n2)cc1. The quantitative estimate of drug-likeness (QED) is 0.169. The zero-order valence-corrected chi connectivity index (χ0v) is 30.8. The van der Waals surface area contributed by atoms with Crippen molar-refractivity contribution in [2.75, 3.05) is 0 Å². The highest BCUT2D eigenvalue weighted by Gasteiger charge is 2.18. The zero-order chi connectivity index (χ0) is 36.7. The van der Waals surface area contributed by atoms with E-state index in [0.29, 0.717) is 17.6 Å². The Morgan fingerprint density at radius 3 is 1.34 bits per heavy atom. The molecule has 3 aromatic heterocycles. The summed E-state index contributed by atoms with van der Waals surface area (Å²) in [5.74, 6) is 1.89. The van der Waals surface area contributed by atoms with Crippen LogP contribution >= 0.6 is 11.3 Å².